The van der Waals surface area contributed by atoms with Gasteiger partial charge in [0.2, 0.25) is 5.91 Å². The van der Waals surface area contributed by atoms with Crippen molar-refractivity contribution in [3.05, 3.63) is 71.3 Å². The van der Waals surface area contributed by atoms with E-state index < -0.39 is 0 Å². The summed E-state index contributed by atoms with van der Waals surface area (Å²) in [6.07, 6.45) is 1.30. The maximum Gasteiger partial charge on any atom is 0.228 e. The van der Waals surface area contributed by atoms with Gasteiger partial charge in [-0.3, -0.25) is 9.59 Å². The maximum atomic E-state index is 12.7. The van der Waals surface area contributed by atoms with Gasteiger partial charge in [-0.1, -0.05) is 54.6 Å². The van der Waals surface area contributed by atoms with E-state index in [1.807, 2.05) is 53.4 Å². The molecule has 22 heavy (non-hydrogen) atoms. The van der Waals surface area contributed by atoms with Gasteiger partial charge in [-0.25, -0.2) is 0 Å². The van der Waals surface area contributed by atoms with Gasteiger partial charge in [0, 0.05) is 12.8 Å². The van der Waals surface area contributed by atoms with Crippen LogP contribution in [-0.4, -0.2) is 16.6 Å². The summed E-state index contributed by atoms with van der Waals surface area (Å²) in [5.41, 5.74) is 3.25. The van der Waals surface area contributed by atoms with Crippen LogP contribution >= 0.6 is 0 Å². The van der Waals surface area contributed by atoms with Crippen molar-refractivity contribution < 1.29 is 9.59 Å². The number of fused-ring (bicyclic) bond motifs is 3. The third-order valence-electron chi connectivity index (χ3n) is 4.74. The summed E-state index contributed by atoms with van der Waals surface area (Å²) < 4.78 is 0. The van der Waals surface area contributed by atoms with E-state index in [-0.39, 0.29) is 23.8 Å². The van der Waals surface area contributed by atoms with Crippen molar-refractivity contribution >= 4 is 11.7 Å². The first-order valence-electron chi connectivity index (χ1n) is 7.69. The molecule has 2 aliphatic heterocycles. The third kappa shape index (κ3) is 2.05. The zero-order chi connectivity index (χ0) is 15.1. The molecule has 3 heteroatoms. The molecular weight excluding hydrogens is 274 g/mol. The Hall–Kier alpha value is -2.42. The number of hydrogen-bond donors (Lipinski definition) is 0. The minimum Gasteiger partial charge on any atom is -0.327 e. The van der Waals surface area contributed by atoms with E-state index in [4.69, 9.17) is 0 Å². The SMILES string of the molecule is O=C1C[C@H](c2ccccc2)N2C(=O)Cc3ccccc3[C@H]2C1. The summed E-state index contributed by atoms with van der Waals surface area (Å²) in [4.78, 5) is 26.9. The van der Waals surface area contributed by atoms with Crippen molar-refractivity contribution in [3.8, 4) is 0 Å². The molecule has 0 unspecified atom stereocenters. The van der Waals surface area contributed by atoms with Gasteiger partial charge in [0.1, 0.15) is 5.78 Å². The molecule has 4 rings (SSSR count). The molecule has 0 bridgehead atoms. The summed E-state index contributed by atoms with van der Waals surface area (Å²) in [5, 5.41) is 0. The van der Waals surface area contributed by atoms with Crippen LogP contribution in [0.5, 0.6) is 0 Å². The van der Waals surface area contributed by atoms with Crippen LogP contribution in [0, 0.1) is 0 Å². The van der Waals surface area contributed by atoms with Gasteiger partial charge < -0.3 is 4.90 Å². The van der Waals surface area contributed by atoms with Crippen LogP contribution in [0.2, 0.25) is 0 Å². The molecule has 1 fully saturated rings. The molecule has 2 aliphatic rings. The van der Waals surface area contributed by atoms with E-state index in [9.17, 15) is 9.59 Å². The highest BCUT2D eigenvalue weighted by atomic mass is 16.2. The Balaban J connectivity index is 1.81. The van der Waals surface area contributed by atoms with Gasteiger partial charge in [0.25, 0.3) is 0 Å². The first-order chi connectivity index (χ1) is 10.7. The number of amides is 1. The standard InChI is InChI=1S/C19H17NO2/c21-15-11-17(13-6-2-1-3-7-13)20-18(12-15)16-9-5-4-8-14(16)10-19(20)22/h1-9,17-18H,10-12H2/t17-,18-/m1/s1. The molecule has 1 amide bonds. The Morgan fingerprint density at radius 3 is 2.32 bits per heavy atom. The van der Waals surface area contributed by atoms with Crippen LogP contribution in [0.1, 0.15) is 41.6 Å². The molecule has 110 valence electrons. The first kappa shape index (κ1) is 13.3. The fraction of sp³-hybridized carbons (Fsp3) is 0.263. The van der Waals surface area contributed by atoms with Gasteiger partial charge in [-0.2, -0.15) is 0 Å². The van der Waals surface area contributed by atoms with Crippen molar-refractivity contribution in [2.45, 2.75) is 31.3 Å². The van der Waals surface area contributed by atoms with Gasteiger partial charge >= 0.3 is 0 Å². The normalized spacial score (nSPS) is 23.9. The summed E-state index contributed by atoms with van der Waals surface area (Å²) in [6, 6.07) is 17.7. The van der Waals surface area contributed by atoms with Gasteiger partial charge in [0.15, 0.2) is 0 Å². The molecule has 0 aromatic heterocycles. The van der Waals surface area contributed by atoms with E-state index in [1.165, 1.54) is 0 Å². The molecule has 3 nitrogen and oxygen atoms in total. The topological polar surface area (TPSA) is 37.4 Å². The van der Waals surface area contributed by atoms with E-state index in [1.54, 1.807) is 0 Å². The second kappa shape index (κ2) is 5.09. The Kier molecular flexibility index (Phi) is 3.07. The lowest BCUT2D eigenvalue weighted by Crippen LogP contribution is -2.47. The lowest BCUT2D eigenvalue weighted by molar-refractivity contribution is -0.143. The van der Waals surface area contributed by atoms with E-state index in [0.717, 1.165) is 16.7 Å². The number of carbonyl (C=O) groups excluding carboxylic acids is 2. The third-order valence-corrected chi connectivity index (χ3v) is 4.74. The lowest BCUT2D eigenvalue weighted by atomic mass is 9.81. The van der Waals surface area contributed by atoms with Crippen molar-refractivity contribution in [2.75, 3.05) is 0 Å². The molecule has 0 N–H and O–H groups in total. The number of Topliss-reactive ketones (excluding diaryl/α,β-unsaturated/α-hetero) is 1. The van der Waals surface area contributed by atoms with Crippen LogP contribution in [-0.2, 0) is 16.0 Å². The number of ketones is 1. The Morgan fingerprint density at radius 1 is 0.818 bits per heavy atom. The molecule has 2 atom stereocenters. The second-order valence-corrected chi connectivity index (χ2v) is 6.07. The van der Waals surface area contributed by atoms with E-state index in [2.05, 4.69) is 6.07 Å². The summed E-state index contributed by atoms with van der Waals surface area (Å²) in [5.74, 6) is 0.365. The van der Waals surface area contributed by atoms with Crippen LogP contribution in [0.4, 0.5) is 0 Å². The number of rotatable bonds is 1. The smallest absolute Gasteiger partial charge is 0.228 e. The minimum absolute atomic E-state index is 0.107. The predicted molar refractivity (Wildman–Crippen MR) is 83.2 cm³/mol. The molecule has 0 saturated carbocycles. The molecule has 1 saturated heterocycles. The van der Waals surface area contributed by atoms with Gasteiger partial charge in [-0.05, 0) is 16.7 Å². The highest BCUT2D eigenvalue weighted by Crippen LogP contribution is 2.44. The molecular formula is C19H17NO2. The molecule has 2 aromatic carbocycles. The van der Waals surface area contributed by atoms with Crippen molar-refractivity contribution in [2.24, 2.45) is 0 Å². The summed E-state index contributed by atoms with van der Waals surface area (Å²) in [7, 11) is 0. The van der Waals surface area contributed by atoms with E-state index in [0.29, 0.717) is 19.3 Å². The monoisotopic (exact) mass is 291 g/mol. The van der Waals surface area contributed by atoms with Crippen molar-refractivity contribution in [3.63, 3.8) is 0 Å². The minimum atomic E-state index is -0.131. The lowest BCUT2D eigenvalue weighted by Gasteiger charge is -2.45. The molecule has 2 heterocycles. The van der Waals surface area contributed by atoms with Crippen LogP contribution in [0.15, 0.2) is 54.6 Å². The molecule has 0 radical (unpaired) electrons. The first-order valence-corrected chi connectivity index (χ1v) is 7.69. The molecule has 0 aliphatic carbocycles. The number of nitrogens with zero attached hydrogens (tertiary/aromatic N) is 1. The average molecular weight is 291 g/mol. The van der Waals surface area contributed by atoms with Gasteiger partial charge in [0.05, 0.1) is 18.5 Å². The summed E-state index contributed by atoms with van der Waals surface area (Å²) >= 11 is 0. The highest BCUT2D eigenvalue weighted by Gasteiger charge is 2.42. The van der Waals surface area contributed by atoms with Crippen LogP contribution in [0.3, 0.4) is 0 Å². The molecule has 2 aromatic rings. The number of piperidine rings is 1. The Labute approximate surface area is 129 Å². The average Bonchev–Trinajstić information content (AvgIpc) is 2.55. The predicted octanol–water partition coefficient (Wildman–Crippen LogP) is 3.22. The van der Waals surface area contributed by atoms with Crippen molar-refractivity contribution in [1.82, 2.24) is 4.90 Å². The van der Waals surface area contributed by atoms with Crippen LogP contribution < -0.4 is 0 Å². The maximum absolute atomic E-state index is 12.7. The zero-order valence-electron chi connectivity index (χ0n) is 12.2. The summed E-state index contributed by atoms with van der Waals surface area (Å²) in [6.45, 7) is 0. The largest absolute Gasteiger partial charge is 0.327 e. The van der Waals surface area contributed by atoms with Crippen molar-refractivity contribution in [1.29, 1.82) is 0 Å². The fourth-order valence-corrected chi connectivity index (χ4v) is 3.76. The molecule has 0 spiro atoms. The van der Waals surface area contributed by atoms with Crippen LogP contribution in [0.25, 0.3) is 0 Å². The second-order valence-electron chi connectivity index (χ2n) is 6.07. The number of hydrogen-bond acceptors (Lipinski definition) is 2. The highest BCUT2D eigenvalue weighted by molar-refractivity contribution is 5.88. The Bertz CT molecular complexity index is 738. The quantitative estimate of drug-likeness (QED) is 0.809. The van der Waals surface area contributed by atoms with E-state index >= 15 is 0 Å². The van der Waals surface area contributed by atoms with Gasteiger partial charge in [-0.15, -0.1) is 0 Å². The zero-order valence-corrected chi connectivity index (χ0v) is 12.2. The number of carbonyl (C=O) groups is 2. The fourth-order valence-electron chi connectivity index (χ4n) is 3.76. The Morgan fingerprint density at radius 2 is 1.50 bits per heavy atom. The number of benzene rings is 2.